The van der Waals surface area contributed by atoms with Crippen molar-refractivity contribution in [3.8, 4) is 0 Å². The quantitative estimate of drug-likeness (QED) is 0.792. The van der Waals surface area contributed by atoms with E-state index in [4.69, 9.17) is 18.0 Å². The van der Waals surface area contributed by atoms with Gasteiger partial charge in [0.25, 0.3) is 0 Å². The van der Waals surface area contributed by atoms with Crippen molar-refractivity contribution in [1.82, 2.24) is 4.72 Å². The Morgan fingerprint density at radius 2 is 2.06 bits per heavy atom. The predicted octanol–water partition coefficient (Wildman–Crippen LogP) is 1.000. The summed E-state index contributed by atoms with van der Waals surface area (Å²) in [4.78, 5) is 0.236. The molecule has 3 N–H and O–H groups in total. The molecule has 0 spiro atoms. The summed E-state index contributed by atoms with van der Waals surface area (Å²) >= 11 is 4.87. The highest BCUT2D eigenvalue weighted by Gasteiger charge is 2.19. The second-order valence-corrected chi connectivity index (χ2v) is 6.33. The molecular formula is C11H17N3O2S2. The van der Waals surface area contributed by atoms with Crippen LogP contribution in [0.3, 0.4) is 0 Å². The van der Waals surface area contributed by atoms with Gasteiger partial charge in [-0.2, -0.15) is 13.1 Å². The molecule has 0 aromatic heterocycles. The zero-order valence-electron chi connectivity index (χ0n) is 10.5. The molecule has 0 aliphatic heterocycles. The van der Waals surface area contributed by atoms with Crippen LogP contribution in [-0.4, -0.2) is 26.5 Å². The number of rotatable bonds is 5. The van der Waals surface area contributed by atoms with Gasteiger partial charge in [0, 0.05) is 18.7 Å². The molecule has 0 atom stereocenters. The van der Waals surface area contributed by atoms with Crippen LogP contribution in [0.5, 0.6) is 0 Å². The van der Waals surface area contributed by atoms with Crippen LogP contribution in [0.25, 0.3) is 0 Å². The van der Waals surface area contributed by atoms with Crippen molar-refractivity contribution in [3.63, 3.8) is 0 Å². The monoisotopic (exact) mass is 287 g/mol. The molecule has 1 aromatic rings. The number of nitrogens with one attached hydrogen (secondary N) is 1. The topological polar surface area (TPSA) is 75.4 Å². The van der Waals surface area contributed by atoms with E-state index in [1.165, 1.54) is 7.05 Å². The maximum atomic E-state index is 12.0. The van der Waals surface area contributed by atoms with Gasteiger partial charge in [-0.1, -0.05) is 24.4 Å². The largest absolute Gasteiger partial charge is 0.389 e. The molecular weight excluding hydrogens is 270 g/mol. The summed E-state index contributed by atoms with van der Waals surface area (Å²) in [5, 5.41) is 0. The van der Waals surface area contributed by atoms with Crippen molar-refractivity contribution in [2.75, 3.05) is 11.4 Å². The smallest absolute Gasteiger partial charge is 0.301 e. The van der Waals surface area contributed by atoms with Crippen molar-refractivity contribution in [1.29, 1.82) is 0 Å². The van der Waals surface area contributed by atoms with E-state index >= 15 is 0 Å². The molecule has 0 aliphatic rings. The minimum Gasteiger partial charge on any atom is -0.389 e. The number of thiocarbonyl (C=S) groups is 1. The first-order valence-electron chi connectivity index (χ1n) is 5.40. The molecule has 1 aromatic carbocycles. The number of anilines is 1. The summed E-state index contributed by atoms with van der Waals surface area (Å²) in [6.45, 7) is 3.52. The van der Waals surface area contributed by atoms with Crippen LogP contribution in [-0.2, 0) is 10.2 Å². The molecule has 1 rings (SSSR count). The molecule has 0 radical (unpaired) electrons. The van der Waals surface area contributed by atoms with Crippen LogP contribution in [0.15, 0.2) is 24.3 Å². The molecule has 0 fully saturated rings. The Bertz CT molecular complexity index is 541. The number of hydrogen-bond acceptors (Lipinski definition) is 3. The zero-order chi connectivity index (χ0) is 13.9. The van der Waals surface area contributed by atoms with Gasteiger partial charge >= 0.3 is 10.2 Å². The Hall–Kier alpha value is -1.18. The molecule has 0 unspecified atom stereocenters. The minimum absolute atomic E-state index is 0.170. The third-order valence-electron chi connectivity index (χ3n) is 2.24. The van der Waals surface area contributed by atoms with Crippen molar-refractivity contribution < 1.29 is 8.42 Å². The van der Waals surface area contributed by atoms with E-state index in [1.54, 1.807) is 38.1 Å². The fourth-order valence-corrected chi connectivity index (χ4v) is 2.64. The van der Waals surface area contributed by atoms with E-state index in [9.17, 15) is 8.42 Å². The Labute approximate surface area is 113 Å². The second kappa shape index (κ2) is 5.64. The highest BCUT2D eigenvalue weighted by Crippen LogP contribution is 2.17. The highest BCUT2D eigenvalue weighted by molar-refractivity contribution is 7.90. The fourth-order valence-electron chi connectivity index (χ4n) is 1.37. The lowest BCUT2D eigenvalue weighted by atomic mass is 10.2. The molecule has 5 nitrogen and oxygen atoms in total. The third kappa shape index (κ3) is 3.66. The number of nitrogens with zero attached hydrogens (tertiary/aromatic N) is 1. The van der Waals surface area contributed by atoms with Gasteiger partial charge in [0.2, 0.25) is 0 Å². The van der Waals surface area contributed by atoms with Gasteiger partial charge in [-0.3, -0.25) is 4.31 Å². The standard InChI is InChI=1S/C11H17N3O2S2/c1-8(2)13-18(15,16)14(3)10-6-4-5-9(7-10)11(12)17/h4-8,13H,1-3H3,(H2,12,17). The van der Waals surface area contributed by atoms with Crippen LogP contribution < -0.4 is 14.8 Å². The normalized spacial score (nSPS) is 11.6. The number of nitrogens with two attached hydrogens (primary N) is 1. The van der Waals surface area contributed by atoms with Gasteiger partial charge in [0.1, 0.15) is 4.99 Å². The summed E-state index contributed by atoms with van der Waals surface area (Å²) in [6.07, 6.45) is 0. The van der Waals surface area contributed by atoms with Gasteiger partial charge in [-0.25, -0.2) is 0 Å². The summed E-state index contributed by atoms with van der Waals surface area (Å²) in [5.74, 6) is 0. The maximum Gasteiger partial charge on any atom is 0.301 e. The van der Waals surface area contributed by atoms with E-state index in [1.807, 2.05) is 0 Å². The summed E-state index contributed by atoms with van der Waals surface area (Å²) in [5.41, 5.74) is 6.66. The van der Waals surface area contributed by atoms with Crippen molar-refractivity contribution in [3.05, 3.63) is 29.8 Å². The third-order valence-corrected chi connectivity index (χ3v) is 4.18. The summed E-state index contributed by atoms with van der Waals surface area (Å²) in [6, 6.07) is 6.60. The Balaban J connectivity index is 3.07. The fraction of sp³-hybridized carbons (Fsp3) is 0.364. The van der Waals surface area contributed by atoms with Crippen LogP contribution in [0.2, 0.25) is 0 Å². The van der Waals surface area contributed by atoms with Gasteiger partial charge < -0.3 is 5.73 Å². The van der Waals surface area contributed by atoms with Crippen LogP contribution in [0, 0.1) is 0 Å². The lowest BCUT2D eigenvalue weighted by molar-refractivity contribution is 0.568. The van der Waals surface area contributed by atoms with E-state index in [2.05, 4.69) is 4.72 Å². The van der Waals surface area contributed by atoms with Crippen LogP contribution in [0.1, 0.15) is 19.4 Å². The summed E-state index contributed by atoms with van der Waals surface area (Å²) < 4.78 is 27.6. The molecule has 0 aliphatic carbocycles. The Kier molecular flexibility index (Phi) is 4.66. The first-order valence-corrected chi connectivity index (χ1v) is 7.25. The molecule has 100 valence electrons. The molecule has 0 amide bonds. The van der Waals surface area contributed by atoms with Gasteiger partial charge in [-0.15, -0.1) is 0 Å². The summed E-state index contributed by atoms with van der Waals surface area (Å²) in [7, 11) is -2.08. The average Bonchev–Trinajstić information content (AvgIpc) is 2.26. The van der Waals surface area contributed by atoms with E-state index in [0.717, 1.165) is 4.31 Å². The molecule has 0 saturated carbocycles. The van der Waals surface area contributed by atoms with Gasteiger partial charge in [0.05, 0.1) is 5.69 Å². The van der Waals surface area contributed by atoms with Crippen LogP contribution >= 0.6 is 12.2 Å². The van der Waals surface area contributed by atoms with Crippen molar-refractivity contribution >= 4 is 33.1 Å². The predicted molar refractivity (Wildman–Crippen MR) is 77.9 cm³/mol. The van der Waals surface area contributed by atoms with Gasteiger partial charge in [0.15, 0.2) is 0 Å². The first-order chi connectivity index (χ1) is 8.24. The minimum atomic E-state index is -3.56. The molecule has 0 saturated heterocycles. The number of hydrogen-bond donors (Lipinski definition) is 2. The highest BCUT2D eigenvalue weighted by atomic mass is 32.2. The zero-order valence-corrected chi connectivity index (χ0v) is 12.2. The Morgan fingerprint density at radius 3 is 2.56 bits per heavy atom. The second-order valence-electron chi connectivity index (χ2n) is 4.16. The molecule has 0 heterocycles. The first kappa shape index (κ1) is 14.9. The van der Waals surface area contributed by atoms with Crippen molar-refractivity contribution in [2.24, 2.45) is 5.73 Å². The number of benzene rings is 1. The van der Waals surface area contributed by atoms with Crippen molar-refractivity contribution in [2.45, 2.75) is 19.9 Å². The SMILES string of the molecule is CC(C)NS(=O)(=O)N(C)c1cccc(C(N)=S)c1. The van der Waals surface area contributed by atoms with Crippen LogP contribution in [0.4, 0.5) is 5.69 Å². The molecule has 7 heteroatoms. The lowest BCUT2D eigenvalue weighted by Crippen LogP contribution is -2.41. The van der Waals surface area contributed by atoms with E-state index in [-0.39, 0.29) is 11.0 Å². The molecule has 18 heavy (non-hydrogen) atoms. The van der Waals surface area contributed by atoms with E-state index in [0.29, 0.717) is 11.3 Å². The molecule has 0 bridgehead atoms. The average molecular weight is 287 g/mol. The maximum absolute atomic E-state index is 12.0. The lowest BCUT2D eigenvalue weighted by Gasteiger charge is -2.21. The Morgan fingerprint density at radius 1 is 1.44 bits per heavy atom. The van der Waals surface area contributed by atoms with E-state index < -0.39 is 10.2 Å². The van der Waals surface area contributed by atoms with Gasteiger partial charge in [-0.05, 0) is 26.0 Å².